The fourth-order valence-corrected chi connectivity index (χ4v) is 4.41. The summed E-state index contributed by atoms with van der Waals surface area (Å²) in [6.45, 7) is 2.69. The molecule has 1 saturated heterocycles. The number of benzene rings is 2. The number of para-hydroxylation sites is 1. The number of rotatable bonds is 4. The van der Waals surface area contributed by atoms with E-state index in [2.05, 4.69) is 10.6 Å². The van der Waals surface area contributed by atoms with Gasteiger partial charge in [0.25, 0.3) is 0 Å². The highest BCUT2D eigenvalue weighted by atomic mass is 19.1. The van der Waals surface area contributed by atoms with Gasteiger partial charge in [-0.3, -0.25) is 4.90 Å². The average Bonchev–Trinajstić information content (AvgIpc) is 2.74. The highest BCUT2D eigenvalue weighted by molar-refractivity contribution is 6.03. The number of urea groups is 2. The minimum Gasteiger partial charge on any atom is -0.394 e. The van der Waals surface area contributed by atoms with Crippen LogP contribution in [-0.4, -0.2) is 53.8 Å². The lowest BCUT2D eigenvalue weighted by Crippen LogP contribution is -2.72. The van der Waals surface area contributed by atoms with Crippen molar-refractivity contribution in [2.75, 3.05) is 29.9 Å². The first-order valence-corrected chi connectivity index (χ1v) is 10.1. The van der Waals surface area contributed by atoms with Gasteiger partial charge in [-0.1, -0.05) is 25.1 Å². The summed E-state index contributed by atoms with van der Waals surface area (Å²) in [6.07, 6.45) is 0.812. The van der Waals surface area contributed by atoms with Gasteiger partial charge in [-0.15, -0.1) is 0 Å². The number of aliphatic hydroxyl groups excluding tert-OH is 1. The van der Waals surface area contributed by atoms with Crippen LogP contribution in [0.5, 0.6) is 0 Å². The van der Waals surface area contributed by atoms with E-state index >= 15 is 0 Å². The standard InChI is InChI=1S/C22H25FN4O3/c1-2-11-24-21(29)27-18-12-26(22(30)25-15-9-7-14(23)8-10-15)17-6-4-3-5-16(17)20(18)19(27)13-28/h3-10,18-20,28H,2,11-13H2,1H3,(H,24,29)(H,25,30)/t18-,19-,20+/m0/s1. The molecule has 0 radical (unpaired) electrons. The van der Waals surface area contributed by atoms with E-state index in [-0.39, 0.29) is 42.5 Å². The number of halogens is 1. The number of carbonyl (C=O) groups is 2. The molecule has 2 aromatic rings. The maximum Gasteiger partial charge on any atom is 0.326 e. The van der Waals surface area contributed by atoms with Crippen LogP contribution in [0, 0.1) is 5.82 Å². The number of aliphatic hydroxyl groups is 1. The fraction of sp³-hybridized carbons (Fsp3) is 0.364. The molecule has 4 amide bonds. The SMILES string of the molecule is CCCNC(=O)N1[C@@H](CO)[C@@H]2c3ccccc3N(C(=O)Nc3ccc(F)cc3)C[C@@H]21. The molecule has 3 N–H and O–H groups in total. The maximum atomic E-state index is 13.2. The van der Waals surface area contributed by atoms with Crippen LogP contribution in [0.3, 0.4) is 0 Å². The Morgan fingerprint density at radius 2 is 1.87 bits per heavy atom. The number of hydrogen-bond donors (Lipinski definition) is 3. The lowest BCUT2D eigenvalue weighted by molar-refractivity contribution is -0.00673. The minimum atomic E-state index is -0.377. The second-order valence-electron chi connectivity index (χ2n) is 7.59. The van der Waals surface area contributed by atoms with Crippen molar-refractivity contribution in [3.8, 4) is 0 Å². The second-order valence-corrected chi connectivity index (χ2v) is 7.59. The Balaban J connectivity index is 1.61. The first kappa shape index (κ1) is 20.2. The molecule has 0 spiro atoms. The summed E-state index contributed by atoms with van der Waals surface area (Å²) < 4.78 is 13.2. The lowest BCUT2D eigenvalue weighted by Gasteiger charge is -2.58. The Morgan fingerprint density at radius 3 is 2.57 bits per heavy atom. The summed E-state index contributed by atoms with van der Waals surface area (Å²) in [6, 6.07) is 12.0. The summed E-state index contributed by atoms with van der Waals surface area (Å²) in [4.78, 5) is 29.0. The Labute approximate surface area is 174 Å². The molecular formula is C22H25FN4O3. The number of hydrogen-bond acceptors (Lipinski definition) is 3. The molecule has 2 aromatic carbocycles. The van der Waals surface area contributed by atoms with Crippen molar-refractivity contribution in [3.05, 3.63) is 59.9 Å². The van der Waals surface area contributed by atoms with E-state index in [1.54, 1.807) is 9.80 Å². The third-order valence-corrected chi connectivity index (χ3v) is 5.79. The summed E-state index contributed by atoms with van der Waals surface area (Å²) in [5, 5.41) is 15.6. The second kappa shape index (κ2) is 8.31. The lowest BCUT2D eigenvalue weighted by atomic mass is 9.72. The average molecular weight is 412 g/mol. The molecule has 7 nitrogen and oxygen atoms in total. The summed E-state index contributed by atoms with van der Waals surface area (Å²) in [5.74, 6) is -0.411. The largest absolute Gasteiger partial charge is 0.394 e. The van der Waals surface area contributed by atoms with Gasteiger partial charge in [-0.05, 0) is 42.3 Å². The maximum absolute atomic E-state index is 13.2. The summed E-state index contributed by atoms with van der Waals surface area (Å²) in [5.41, 5.74) is 2.17. The van der Waals surface area contributed by atoms with Crippen molar-refractivity contribution in [1.82, 2.24) is 10.2 Å². The first-order valence-electron chi connectivity index (χ1n) is 10.1. The molecule has 3 atom stereocenters. The zero-order valence-electron chi connectivity index (χ0n) is 16.7. The van der Waals surface area contributed by atoms with Gasteiger partial charge in [-0.2, -0.15) is 0 Å². The number of anilines is 2. The van der Waals surface area contributed by atoms with Crippen LogP contribution in [0.15, 0.2) is 48.5 Å². The van der Waals surface area contributed by atoms with Gasteiger partial charge in [0.15, 0.2) is 0 Å². The van der Waals surface area contributed by atoms with E-state index in [9.17, 15) is 19.1 Å². The third-order valence-electron chi connectivity index (χ3n) is 5.79. The summed E-state index contributed by atoms with van der Waals surface area (Å²) in [7, 11) is 0. The number of likely N-dealkylation sites (tertiary alicyclic amines) is 1. The molecule has 1 fully saturated rings. The van der Waals surface area contributed by atoms with Gasteiger partial charge in [-0.25, -0.2) is 14.0 Å². The van der Waals surface area contributed by atoms with E-state index < -0.39 is 0 Å². The Bertz CT molecular complexity index is 936. The molecule has 2 heterocycles. The molecule has 0 bridgehead atoms. The number of carbonyl (C=O) groups excluding carboxylic acids is 2. The van der Waals surface area contributed by atoms with Gasteiger partial charge in [0.2, 0.25) is 0 Å². The van der Waals surface area contributed by atoms with Crippen LogP contribution < -0.4 is 15.5 Å². The topological polar surface area (TPSA) is 84.9 Å². The van der Waals surface area contributed by atoms with Crippen LogP contribution in [0.1, 0.15) is 24.8 Å². The Hall–Kier alpha value is -3.13. The molecule has 158 valence electrons. The van der Waals surface area contributed by atoms with Crippen LogP contribution in [0.2, 0.25) is 0 Å². The van der Waals surface area contributed by atoms with E-state index in [1.807, 2.05) is 31.2 Å². The van der Waals surface area contributed by atoms with Gasteiger partial charge in [0.05, 0.1) is 18.7 Å². The number of nitrogens with zero attached hydrogens (tertiary/aromatic N) is 2. The molecule has 30 heavy (non-hydrogen) atoms. The van der Waals surface area contributed by atoms with Gasteiger partial charge in [0.1, 0.15) is 5.82 Å². The normalized spacial score (nSPS) is 21.9. The Kier molecular flexibility index (Phi) is 5.59. The van der Waals surface area contributed by atoms with Crippen LogP contribution in [0.4, 0.5) is 25.4 Å². The van der Waals surface area contributed by atoms with Crippen molar-refractivity contribution in [3.63, 3.8) is 0 Å². The molecule has 0 saturated carbocycles. The molecule has 8 heteroatoms. The molecule has 0 unspecified atom stereocenters. The molecular weight excluding hydrogens is 387 g/mol. The van der Waals surface area contributed by atoms with Crippen LogP contribution in [-0.2, 0) is 0 Å². The Morgan fingerprint density at radius 1 is 1.13 bits per heavy atom. The quantitative estimate of drug-likeness (QED) is 0.721. The smallest absolute Gasteiger partial charge is 0.326 e. The predicted octanol–water partition coefficient (Wildman–Crippen LogP) is 3.13. The van der Waals surface area contributed by atoms with Crippen molar-refractivity contribution in [2.45, 2.75) is 31.3 Å². The predicted molar refractivity (Wildman–Crippen MR) is 112 cm³/mol. The first-order chi connectivity index (χ1) is 14.5. The fourth-order valence-electron chi connectivity index (χ4n) is 4.41. The number of amides is 4. The van der Waals surface area contributed by atoms with E-state index in [0.717, 1.165) is 17.7 Å². The molecule has 0 aromatic heterocycles. The third kappa shape index (κ3) is 3.47. The van der Waals surface area contributed by atoms with Gasteiger partial charge < -0.3 is 20.6 Å². The molecule has 0 aliphatic carbocycles. The highest BCUT2D eigenvalue weighted by Crippen LogP contribution is 2.48. The monoisotopic (exact) mass is 412 g/mol. The van der Waals surface area contributed by atoms with Crippen LogP contribution in [0.25, 0.3) is 0 Å². The summed E-state index contributed by atoms with van der Waals surface area (Å²) >= 11 is 0. The van der Waals surface area contributed by atoms with E-state index in [1.165, 1.54) is 24.3 Å². The molecule has 2 aliphatic rings. The van der Waals surface area contributed by atoms with E-state index in [4.69, 9.17) is 0 Å². The zero-order valence-corrected chi connectivity index (χ0v) is 16.7. The molecule has 4 rings (SSSR count). The zero-order chi connectivity index (χ0) is 21.3. The number of fused-ring (bicyclic) bond motifs is 3. The molecule has 2 aliphatic heterocycles. The van der Waals surface area contributed by atoms with Gasteiger partial charge in [0, 0.05) is 30.4 Å². The highest BCUT2D eigenvalue weighted by Gasteiger charge is 2.55. The van der Waals surface area contributed by atoms with Crippen LogP contribution >= 0.6 is 0 Å². The van der Waals surface area contributed by atoms with Crippen molar-refractivity contribution >= 4 is 23.4 Å². The van der Waals surface area contributed by atoms with E-state index in [0.29, 0.717) is 18.8 Å². The van der Waals surface area contributed by atoms with Gasteiger partial charge >= 0.3 is 12.1 Å². The van der Waals surface area contributed by atoms with Crippen molar-refractivity contribution < 1.29 is 19.1 Å². The number of nitrogens with one attached hydrogen (secondary N) is 2. The minimum absolute atomic E-state index is 0.0338. The van der Waals surface area contributed by atoms with Crippen molar-refractivity contribution in [1.29, 1.82) is 0 Å². The van der Waals surface area contributed by atoms with Crippen molar-refractivity contribution in [2.24, 2.45) is 0 Å².